The standard InChI is InChI=1S/C15H18N2O7S/c1-8-14(9(2)24-16-8)25(21,22)17-12(15(19)20)13(18)10-4-6-11(23-3)7-5-10/h4-7,12-13,17-18H,1-3H3,(H,19,20). The number of nitrogens with zero attached hydrogens (tertiary/aromatic N) is 1. The summed E-state index contributed by atoms with van der Waals surface area (Å²) in [6.07, 6.45) is -1.61. The second-order valence-corrected chi connectivity index (χ2v) is 6.96. The van der Waals surface area contributed by atoms with E-state index in [4.69, 9.17) is 9.26 Å². The van der Waals surface area contributed by atoms with Gasteiger partial charge in [0, 0.05) is 0 Å². The van der Waals surface area contributed by atoms with Gasteiger partial charge in [-0.25, -0.2) is 8.42 Å². The number of benzene rings is 1. The van der Waals surface area contributed by atoms with Crippen LogP contribution in [0, 0.1) is 13.8 Å². The van der Waals surface area contributed by atoms with Crippen LogP contribution < -0.4 is 9.46 Å². The van der Waals surface area contributed by atoms with Crippen molar-refractivity contribution in [2.24, 2.45) is 0 Å². The summed E-state index contributed by atoms with van der Waals surface area (Å²) in [5.74, 6) is -0.995. The number of aliphatic carboxylic acids is 1. The lowest BCUT2D eigenvalue weighted by atomic mass is 10.0. The molecule has 0 bridgehead atoms. The van der Waals surface area contributed by atoms with Gasteiger partial charge in [-0.3, -0.25) is 4.79 Å². The Kier molecular flexibility index (Phi) is 5.45. The molecule has 0 spiro atoms. The third kappa shape index (κ3) is 3.98. The lowest BCUT2D eigenvalue weighted by Crippen LogP contribution is -2.45. The molecule has 2 aromatic rings. The first-order valence-electron chi connectivity index (χ1n) is 7.17. The van der Waals surface area contributed by atoms with Crippen LogP contribution in [-0.2, 0) is 14.8 Å². The van der Waals surface area contributed by atoms with Gasteiger partial charge in [-0.05, 0) is 31.5 Å². The van der Waals surface area contributed by atoms with Crippen molar-refractivity contribution in [3.05, 3.63) is 41.3 Å². The van der Waals surface area contributed by atoms with Gasteiger partial charge in [-0.1, -0.05) is 17.3 Å². The molecule has 136 valence electrons. The Morgan fingerprint density at radius 3 is 2.32 bits per heavy atom. The lowest BCUT2D eigenvalue weighted by molar-refractivity contribution is -0.141. The van der Waals surface area contributed by atoms with Crippen LogP contribution >= 0.6 is 0 Å². The van der Waals surface area contributed by atoms with Gasteiger partial charge in [0.05, 0.1) is 7.11 Å². The van der Waals surface area contributed by atoms with E-state index in [0.717, 1.165) is 0 Å². The summed E-state index contributed by atoms with van der Waals surface area (Å²) in [6, 6.07) is 4.15. The van der Waals surface area contributed by atoms with Crippen LogP contribution in [0.2, 0.25) is 0 Å². The van der Waals surface area contributed by atoms with Crippen molar-refractivity contribution in [1.29, 1.82) is 0 Å². The minimum Gasteiger partial charge on any atom is -0.497 e. The molecule has 10 heteroatoms. The summed E-state index contributed by atoms with van der Waals surface area (Å²) in [5, 5.41) is 23.2. The minimum absolute atomic E-state index is 0.0214. The first-order valence-corrected chi connectivity index (χ1v) is 8.65. The predicted octanol–water partition coefficient (Wildman–Crippen LogP) is 0.765. The molecule has 2 atom stereocenters. The number of aliphatic hydroxyl groups is 1. The number of carbonyl (C=O) groups is 1. The molecule has 0 saturated carbocycles. The lowest BCUT2D eigenvalue weighted by Gasteiger charge is -2.20. The predicted molar refractivity (Wildman–Crippen MR) is 85.7 cm³/mol. The van der Waals surface area contributed by atoms with Crippen LogP contribution in [0.5, 0.6) is 5.75 Å². The van der Waals surface area contributed by atoms with Gasteiger partial charge >= 0.3 is 5.97 Å². The first-order chi connectivity index (χ1) is 11.7. The maximum Gasteiger partial charge on any atom is 0.324 e. The summed E-state index contributed by atoms with van der Waals surface area (Å²) in [7, 11) is -2.80. The molecule has 1 aromatic heterocycles. The van der Waals surface area contributed by atoms with Crippen LogP contribution in [-0.4, -0.2) is 42.9 Å². The minimum atomic E-state index is -4.26. The average Bonchev–Trinajstić information content (AvgIpc) is 2.91. The van der Waals surface area contributed by atoms with E-state index in [0.29, 0.717) is 5.75 Å². The van der Waals surface area contributed by atoms with Gasteiger partial charge in [0.25, 0.3) is 0 Å². The second kappa shape index (κ2) is 7.21. The molecule has 3 N–H and O–H groups in total. The van der Waals surface area contributed by atoms with E-state index >= 15 is 0 Å². The number of methoxy groups -OCH3 is 1. The Hall–Kier alpha value is -2.43. The van der Waals surface area contributed by atoms with Crippen molar-refractivity contribution >= 4 is 16.0 Å². The SMILES string of the molecule is COc1ccc(C(O)C(NS(=O)(=O)c2c(C)noc2C)C(=O)O)cc1. The van der Waals surface area contributed by atoms with Crippen molar-refractivity contribution in [1.82, 2.24) is 9.88 Å². The summed E-state index contributed by atoms with van der Waals surface area (Å²) < 4.78 is 36.7. The van der Waals surface area contributed by atoms with Crippen molar-refractivity contribution in [2.45, 2.75) is 30.9 Å². The van der Waals surface area contributed by atoms with E-state index in [9.17, 15) is 23.4 Å². The summed E-state index contributed by atoms with van der Waals surface area (Å²) in [6.45, 7) is 2.81. The van der Waals surface area contributed by atoms with E-state index in [1.54, 1.807) is 0 Å². The van der Waals surface area contributed by atoms with E-state index in [2.05, 4.69) is 5.16 Å². The fourth-order valence-electron chi connectivity index (χ4n) is 2.33. The molecule has 0 fully saturated rings. The summed E-state index contributed by atoms with van der Waals surface area (Å²) in [4.78, 5) is 11.3. The van der Waals surface area contributed by atoms with E-state index < -0.39 is 28.1 Å². The third-order valence-corrected chi connectivity index (χ3v) is 5.24. The quantitative estimate of drug-likeness (QED) is 0.649. The molecule has 1 heterocycles. The molecule has 2 rings (SSSR count). The van der Waals surface area contributed by atoms with Gasteiger partial charge in [-0.15, -0.1) is 0 Å². The van der Waals surface area contributed by atoms with Crippen LogP contribution in [0.4, 0.5) is 0 Å². The number of carboxylic acids is 1. The van der Waals surface area contributed by atoms with Gasteiger partial charge in [0.1, 0.15) is 28.5 Å². The zero-order valence-corrected chi connectivity index (χ0v) is 14.6. The Balaban J connectivity index is 2.33. The molecule has 0 amide bonds. The Bertz CT molecular complexity index is 839. The number of ether oxygens (including phenoxy) is 1. The second-order valence-electron chi connectivity index (χ2n) is 5.31. The number of carboxylic acid groups (broad SMARTS) is 1. The molecule has 1 aromatic carbocycles. The van der Waals surface area contributed by atoms with Crippen molar-refractivity contribution in [3.63, 3.8) is 0 Å². The number of sulfonamides is 1. The van der Waals surface area contributed by atoms with Crippen molar-refractivity contribution < 1.29 is 32.7 Å². The molecule has 0 radical (unpaired) electrons. The zero-order valence-electron chi connectivity index (χ0n) is 13.8. The number of aryl methyl sites for hydroxylation is 2. The van der Waals surface area contributed by atoms with Crippen molar-refractivity contribution in [2.75, 3.05) is 7.11 Å². The first kappa shape index (κ1) is 18.9. The fourth-order valence-corrected chi connectivity index (χ4v) is 3.85. The fraction of sp³-hybridized carbons (Fsp3) is 0.333. The van der Waals surface area contributed by atoms with Gasteiger partial charge in [0.2, 0.25) is 10.0 Å². The molecule has 0 aliphatic heterocycles. The third-order valence-electron chi connectivity index (χ3n) is 3.56. The number of aliphatic hydroxyl groups excluding tert-OH is 1. The van der Waals surface area contributed by atoms with Gasteiger partial charge in [0.15, 0.2) is 5.76 Å². The number of nitrogens with one attached hydrogen (secondary N) is 1. The monoisotopic (exact) mass is 370 g/mol. The highest BCUT2D eigenvalue weighted by molar-refractivity contribution is 7.89. The molecular weight excluding hydrogens is 352 g/mol. The highest BCUT2D eigenvalue weighted by Gasteiger charge is 2.35. The maximum absolute atomic E-state index is 12.5. The summed E-state index contributed by atoms with van der Waals surface area (Å²) in [5.41, 5.74) is 0.308. The van der Waals surface area contributed by atoms with Crippen LogP contribution in [0.1, 0.15) is 23.1 Å². The van der Waals surface area contributed by atoms with Crippen LogP contribution in [0.25, 0.3) is 0 Å². The highest BCUT2D eigenvalue weighted by Crippen LogP contribution is 2.24. The van der Waals surface area contributed by atoms with Crippen molar-refractivity contribution in [3.8, 4) is 5.75 Å². The summed E-state index contributed by atoms with van der Waals surface area (Å²) >= 11 is 0. The molecule has 25 heavy (non-hydrogen) atoms. The van der Waals surface area contributed by atoms with Gasteiger partial charge < -0.3 is 19.5 Å². The number of hydrogen-bond acceptors (Lipinski definition) is 7. The number of aromatic nitrogens is 1. The topological polar surface area (TPSA) is 139 Å². The highest BCUT2D eigenvalue weighted by atomic mass is 32.2. The largest absolute Gasteiger partial charge is 0.497 e. The van der Waals surface area contributed by atoms with Gasteiger partial charge in [-0.2, -0.15) is 4.72 Å². The Morgan fingerprint density at radius 1 is 1.28 bits per heavy atom. The van der Waals surface area contributed by atoms with Crippen LogP contribution in [0.3, 0.4) is 0 Å². The van der Waals surface area contributed by atoms with Crippen LogP contribution in [0.15, 0.2) is 33.7 Å². The molecule has 2 unspecified atom stereocenters. The molecule has 0 aliphatic carbocycles. The Labute approximate surface area is 144 Å². The molecular formula is C15H18N2O7S. The van der Waals surface area contributed by atoms with E-state index in [-0.39, 0.29) is 21.9 Å². The molecule has 0 saturated heterocycles. The average molecular weight is 370 g/mol. The normalized spacial score (nSPS) is 14.1. The maximum atomic E-state index is 12.5. The molecule has 0 aliphatic rings. The molecule has 9 nitrogen and oxygen atoms in total. The zero-order chi connectivity index (χ0) is 18.8. The van der Waals surface area contributed by atoms with E-state index in [1.807, 2.05) is 4.72 Å². The Morgan fingerprint density at radius 2 is 1.88 bits per heavy atom. The van der Waals surface area contributed by atoms with E-state index in [1.165, 1.54) is 45.2 Å². The number of rotatable bonds is 7. The number of hydrogen-bond donors (Lipinski definition) is 3. The smallest absolute Gasteiger partial charge is 0.324 e.